The summed E-state index contributed by atoms with van der Waals surface area (Å²) < 4.78 is 14.5. The van der Waals surface area contributed by atoms with Crippen molar-refractivity contribution in [3.63, 3.8) is 0 Å². The summed E-state index contributed by atoms with van der Waals surface area (Å²) in [4.78, 5) is 0. The number of hydrogen-bond donors (Lipinski definition) is 0. The molecule has 0 aromatic heterocycles. The van der Waals surface area contributed by atoms with Crippen molar-refractivity contribution in [3.05, 3.63) is 33.4 Å². The van der Waals surface area contributed by atoms with Crippen molar-refractivity contribution in [1.82, 2.24) is 0 Å². The molecule has 1 aliphatic rings. The first-order chi connectivity index (χ1) is 5.21. The van der Waals surface area contributed by atoms with Gasteiger partial charge in [0, 0.05) is 3.57 Å². The van der Waals surface area contributed by atoms with E-state index in [4.69, 9.17) is 0 Å². The maximum Gasteiger partial charge on any atom is 0.136 e. The molecule has 58 valence electrons. The molecule has 1 aliphatic carbocycles. The van der Waals surface area contributed by atoms with Crippen LogP contribution in [-0.4, -0.2) is 0 Å². The Morgan fingerprint density at radius 3 is 2.18 bits per heavy atom. The summed E-state index contributed by atoms with van der Waals surface area (Å²) in [6.45, 7) is 0. The van der Waals surface area contributed by atoms with Gasteiger partial charge in [0.2, 0.25) is 0 Å². The Bertz CT molecular complexity index is 261. The molecule has 1 aromatic carbocycles. The SMILES string of the molecule is FC1(c2ccc(I)cc2)CC1. The molecule has 2 heteroatoms. The second-order valence-corrected chi connectivity index (χ2v) is 4.22. The van der Waals surface area contributed by atoms with Crippen LogP contribution in [0.15, 0.2) is 24.3 Å². The molecule has 0 atom stereocenters. The first-order valence-electron chi connectivity index (χ1n) is 3.66. The van der Waals surface area contributed by atoms with E-state index in [2.05, 4.69) is 22.6 Å². The van der Waals surface area contributed by atoms with Crippen LogP contribution in [0.4, 0.5) is 4.39 Å². The molecule has 1 aromatic rings. The normalized spacial score (nSPS) is 19.8. The summed E-state index contributed by atoms with van der Waals surface area (Å²) in [7, 11) is 0. The van der Waals surface area contributed by atoms with Gasteiger partial charge in [0.05, 0.1) is 0 Å². The zero-order valence-corrected chi connectivity index (χ0v) is 8.14. The third-order valence-corrected chi connectivity index (χ3v) is 2.77. The molecule has 0 heterocycles. The third kappa shape index (κ3) is 1.41. The lowest BCUT2D eigenvalue weighted by atomic mass is 10.1. The lowest BCUT2D eigenvalue weighted by Gasteiger charge is -2.03. The van der Waals surface area contributed by atoms with Gasteiger partial charge in [-0.25, -0.2) is 4.39 Å². The first kappa shape index (κ1) is 7.53. The fourth-order valence-electron chi connectivity index (χ4n) is 1.15. The molecular weight excluding hydrogens is 254 g/mol. The monoisotopic (exact) mass is 262 g/mol. The van der Waals surface area contributed by atoms with Crippen LogP contribution in [0.1, 0.15) is 18.4 Å². The quantitative estimate of drug-likeness (QED) is 0.681. The van der Waals surface area contributed by atoms with Crippen LogP contribution < -0.4 is 0 Å². The van der Waals surface area contributed by atoms with E-state index in [1.54, 1.807) is 0 Å². The molecule has 11 heavy (non-hydrogen) atoms. The summed E-state index contributed by atoms with van der Waals surface area (Å²) in [6, 6.07) is 7.68. The van der Waals surface area contributed by atoms with E-state index in [1.807, 2.05) is 24.3 Å². The van der Waals surface area contributed by atoms with E-state index in [0.717, 1.165) is 9.13 Å². The summed E-state index contributed by atoms with van der Waals surface area (Å²) in [5.74, 6) is 0. The molecule has 0 N–H and O–H groups in total. The van der Waals surface area contributed by atoms with E-state index < -0.39 is 5.67 Å². The number of alkyl halides is 1. The van der Waals surface area contributed by atoms with E-state index >= 15 is 0 Å². The Morgan fingerprint density at radius 1 is 1.18 bits per heavy atom. The van der Waals surface area contributed by atoms with E-state index in [-0.39, 0.29) is 0 Å². The van der Waals surface area contributed by atoms with Crippen LogP contribution in [0.3, 0.4) is 0 Å². The Kier molecular flexibility index (Phi) is 1.67. The average Bonchev–Trinajstić information content (AvgIpc) is 2.70. The zero-order chi connectivity index (χ0) is 7.90. The van der Waals surface area contributed by atoms with Crippen LogP contribution in [0.5, 0.6) is 0 Å². The average molecular weight is 262 g/mol. The number of rotatable bonds is 1. The van der Waals surface area contributed by atoms with Gasteiger partial charge in [-0.2, -0.15) is 0 Å². The first-order valence-corrected chi connectivity index (χ1v) is 4.74. The second kappa shape index (κ2) is 2.44. The summed E-state index contributed by atoms with van der Waals surface area (Å²) in [5, 5.41) is 0. The van der Waals surface area contributed by atoms with E-state index in [0.29, 0.717) is 12.8 Å². The highest BCUT2D eigenvalue weighted by Gasteiger charge is 2.44. The van der Waals surface area contributed by atoms with Crippen LogP contribution in [0.2, 0.25) is 0 Å². The van der Waals surface area contributed by atoms with Gasteiger partial charge in [-0.1, -0.05) is 12.1 Å². The maximum atomic E-state index is 13.4. The highest BCUT2D eigenvalue weighted by atomic mass is 127. The Hall–Kier alpha value is -0.120. The topological polar surface area (TPSA) is 0 Å². The van der Waals surface area contributed by atoms with Gasteiger partial charge in [-0.3, -0.25) is 0 Å². The van der Waals surface area contributed by atoms with Crippen molar-refractivity contribution in [2.45, 2.75) is 18.5 Å². The Morgan fingerprint density at radius 2 is 1.73 bits per heavy atom. The lowest BCUT2D eigenvalue weighted by molar-refractivity contribution is 0.317. The van der Waals surface area contributed by atoms with E-state index in [1.165, 1.54) is 0 Å². The van der Waals surface area contributed by atoms with Gasteiger partial charge in [0.1, 0.15) is 5.67 Å². The van der Waals surface area contributed by atoms with Crippen LogP contribution in [-0.2, 0) is 5.67 Å². The fraction of sp³-hybridized carbons (Fsp3) is 0.333. The molecule has 0 aliphatic heterocycles. The molecule has 0 saturated heterocycles. The predicted octanol–water partition coefficient (Wildman–Crippen LogP) is 3.25. The van der Waals surface area contributed by atoms with Crippen LogP contribution in [0.25, 0.3) is 0 Å². The largest absolute Gasteiger partial charge is 0.239 e. The summed E-state index contributed by atoms with van der Waals surface area (Å²) >= 11 is 2.22. The van der Waals surface area contributed by atoms with Crippen molar-refractivity contribution in [2.75, 3.05) is 0 Å². The highest BCUT2D eigenvalue weighted by molar-refractivity contribution is 14.1. The minimum atomic E-state index is -0.968. The molecule has 0 amide bonds. The standard InChI is InChI=1S/C9H8FI/c10-9(5-6-9)7-1-3-8(11)4-2-7/h1-4H,5-6H2. The molecule has 0 bridgehead atoms. The summed E-state index contributed by atoms with van der Waals surface area (Å²) in [5.41, 5.74) is -0.123. The van der Waals surface area contributed by atoms with Crippen molar-refractivity contribution in [2.24, 2.45) is 0 Å². The van der Waals surface area contributed by atoms with Gasteiger partial charge in [0.25, 0.3) is 0 Å². The maximum absolute atomic E-state index is 13.4. The Balaban J connectivity index is 2.33. The molecule has 1 saturated carbocycles. The van der Waals surface area contributed by atoms with Gasteiger partial charge < -0.3 is 0 Å². The van der Waals surface area contributed by atoms with Crippen molar-refractivity contribution in [3.8, 4) is 0 Å². The minimum absolute atomic E-state index is 0.702. The molecular formula is C9H8FI. The molecule has 0 unspecified atom stereocenters. The molecule has 0 radical (unpaired) electrons. The molecule has 2 rings (SSSR count). The van der Waals surface area contributed by atoms with Gasteiger partial charge >= 0.3 is 0 Å². The summed E-state index contributed by atoms with van der Waals surface area (Å²) in [6.07, 6.45) is 1.40. The van der Waals surface area contributed by atoms with E-state index in [9.17, 15) is 4.39 Å². The number of halogens is 2. The minimum Gasteiger partial charge on any atom is -0.239 e. The Labute approximate surface area is 78.9 Å². The third-order valence-electron chi connectivity index (χ3n) is 2.05. The van der Waals surface area contributed by atoms with Gasteiger partial charge in [-0.15, -0.1) is 0 Å². The fourth-order valence-corrected chi connectivity index (χ4v) is 1.51. The number of hydrogen-bond acceptors (Lipinski definition) is 0. The van der Waals surface area contributed by atoms with Crippen molar-refractivity contribution < 1.29 is 4.39 Å². The molecule has 1 fully saturated rings. The molecule has 0 spiro atoms. The molecule has 0 nitrogen and oxygen atoms in total. The van der Waals surface area contributed by atoms with Crippen LogP contribution in [0, 0.1) is 3.57 Å². The lowest BCUT2D eigenvalue weighted by Crippen LogP contribution is -1.96. The van der Waals surface area contributed by atoms with Gasteiger partial charge in [0.15, 0.2) is 0 Å². The van der Waals surface area contributed by atoms with Crippen molar-refractivity contribution in [1.29, 1.82) is 0 Å². The van der Waals surface area contributed by atoms with Crippen molar-refractivity contribution >= 4 is 22.6 Å². The smallest absolute Gasteiger partial charge is 0.136 e. The zero-order valence-electron chi connectivity index (χ0n) is 5.98. The predicted molar refractivity (Wildman–Crippen MR) is 51.2 cm³/mol. The van der Waals surface area contributed by atoms with Crippen LogP contribution >= 0.6 is 22.6 Å². The van der Waals surface area contributed by atoms with Gasteiger partial charge in [-0.05, 0) is 53.1 Å². The number of benzene rings is 1. The highest BCUT2D eigenvalue weighted by Crippen LogP contribution is 2.49. The second-order valence-electron chi connectivity index (χ2n) is 2.97.